The van der Waals surface area contributed by atoms with Crippen molar-refractivity contribution in [1.82, 2.24) is 15.5 Å². The first-order valence-electron chi connectivity index (χ1n) is 7.34. The van der Waals surface area contributed by atoms with Gasteiger partial charge >= 0.3 is 12.0 Å². The van der Waals surface area contributed by atoms with Gasteiger partial charge in [-0.2, -0.15) is 0 Å². The fourth-order valence-electron chi connectivity index (χ4n) is 2.50. The van der Waals surface area contributed by atoms with Crippen LogP contribution in [-0.2, 0) is 9.59 Å². The summed E-state index contributed by atoms with van der Waals surface area (Å²) in [6.45, 7) is 4.71. The summed E-state index contributed by atoms with van der Waals surface area (Å²) in [6.07, 6.45) is 1.55. The lowest BCUT2D eigenvalue weighted by Crippen LogP contribution is -2.50. The largest absolute Gasteiger partial charge is 0.481 e. The molecule has 1 fully saturated rings. The van der Waals surface area contributed by atoms with Gasteiger partial charge in [0.05, 0.1) is 11.8 Å². The number of hydrogen-bond donors (Lipinski definition) is 3. The number of carbonyl (C=O) groups is 3. The SMILES string of the molecule is CNC(=O)C1CCCN(C(=O)NCC(C(=O)O)C(C)C)C1. The van der Waals surface area contributed by atoms with Crippen molar-refractivity contribution >= 4 is 17.9 Å². The molecular formula is C14H25N3O4. The van der Waals surface area contributed by atoms with Gasteiger partial charge in [0.1, 0.15) is 0 Å². The van der Waals surface area contributed by atoms with Crippen molar-refractivity contribution in [3.63, 3.8) is 0 Å². The second-order valence-electron chi connectivity index (χ2n) is 5.77. The highest BCUT2D eigenvalue weighted by atomic mass is 16.4. The van der Waals surface area contributed by atoms with Gasteiger partial charge in [0.2, 0.25) is 5.91 Å². The van der Waals surface area contributed by atoms with Gasteiger partial charge in [0.25, 0.3) is 0 Å². The number of rotatable bonds is 5. The van der Waals surface area contributed by atoms with Gasteiger partial charge in [0, 0.05) is 26.7 Å². The van der Waals surface area contributed by atoms with Crippen molar-refractivity contribution in [3.8, 4) is 0 Å². The number of hydrogen-bond acceptors (Lipinski definition) is 3. The molecule has 0 aromatic carbocycles. The number of carbonyl (C=O) groups excluding carboxylic acids is 2. The van der Waals surface area contributed by atoms with Crippen LogP contribution < -0.4 is 10.6 Å². The Morgan fingerprint density at radius 3 is 2.52 bits per heavy atom. The maximum atomic E-state index is 12.1. The zero-order chi connectivity index (χ0) is 16.0. The molecule has 2 atom stereocenters. The minimum absolute atomic E-state index is 0.0530. The Bertz CT molecular complexity index is 398. The minimum atomic E-state index is -0.910. The Balaban J connectivity index is 2.51. The van der Waals surface area contributed by atoms with Crippen molar-refractivity contribution in [2.24, 2.45) is 17.8 Å². The van der Waals surface area contributed by atoms with Gasteiger partial charge < -0.3 is 20.6 Å². The first-order chi connectivity index (χ1) is 9.86. The quantitative estimate of drug-likeness (QED) is 0.689. The molecule has 2 unspecified atom stereocenters. The van der Waals surface area contributed by atoms with Crippen molar-refractivity contribution in [1.29, 1.82) is 0 Å². The van der Waals surface area contributed by atoms with E-state index in [2.05, 4.69) is 10.6 Å². The highest BCUT2D eigenvalue weighted by molar-refractivity contribution is 5.80. The van der Waals surface area contributed by atoms with Crippen LogP contribution in [0.15, 0.2) is 0 Å². The molecule has 0 spiro atoms. The molecule has 1 aliphatic heterocycles. The first-order valence-corrected chi connectivity index (χ1v) is 7.34. The molecule has 1 heterocycles. The van der Waals surface area contributed by atoms with E-state index in [9.17, 15) is 14.4 Å². The number of carboxylic acid groups (broad SMARTS) is 1. The smallest absolute Gasteiger partial charge is 0.317 e. The molecule has 21 heavy (non-hydrogen) atoms. The molecule has 3 amide bonds. The van der Waals surface area contributed by atoms with Crippen LogP contribution in [-0.4, -0.2) is 54.6 Å². The number of aliphatic carboxylic acids is 1. The Morgan fingerprint density at radius 1 is 1.33 bits per heavy atom. The monoisotopic (exact) mass is 299 g/mol. The Hall–Kier alpha value is -1.79. The molecule has 0 aromatic heterocycles. The minimum Gasteiger partial charge on any atom is -0.481 e. The summed E-state index contributed by atoms with van der Waals surface area (Å²) < 4.78 is 0. The standard InChI is InChI=1S/C14H25N3O4/c1-9(2)11(13(19)20)7-16-14(21)17-6-4-5-10(8-17)12(18)15-3/h9-11H,4-8H2,1-3H3,(H,15,18)(H,16,21)(H,19,20). The van der Waals surface area contributed by atoms with E-state index in [1.54, 1.807) is 11.9 Å². The average molecular weight is 299 g/mol. The van der Waals surface area contributed by atoms with Crippen LogP contribution in [0.2, 0.25) is 0 Å². The molecule has 0 radical (unpaired) electrons. The Morgan fingerprint density at radius 2 is 2.00 bits per heavy atom. The maximum absolute atomic E-state index is 12.1. The van der Waals surface area contributed by atoms with Crippen LogP contribution >= 0.6 is 0 Å². The summed E-state index contributed by atoms with van der Waals surface area (Å²) >= 11 is 0. The number of piperidine rings is 1. The first kappa shape index (κ1) is 17.3. The summed E-state index contributed by atoms with van der Waals surface area (Å²) in [5, 5.41) is 14.4. The normalized spacial score (nSPS) is 20.0. The number of carboxylic acids is 1. The Labute approximate surface area is 125 Å². The fourth-order valence-corrected chi connectivity index (χ4v) is 2.50. The van der Waals surface area contributed by atoms with Crippen LogP contribution in [0.5, 0.6) is 0 Å². The number of urea groups is 1. The second kappa shape index (κ2) is 7.85. The van der Waals surface area contributed by atoms with E-state index in [-0.39, 0.29) is 30.3 Å². The third-order valence-electron chi connectivity index (χ3n) is 3.92. The molecule has 0 saturated carbocycles. The Kier molecular flexibility index (Phi) is 6.45. The summed E-state index contributed by atoms with van der Waals surface area (Å²) in [7, 11) is 1.58. The molecule has 3 N–H and O–H groups in total. The van der Waals surface area contributed by atoms with Crippen molar-refractivity contribution in [2.45, 2.75) is 26.7 Å². The molecular weight excluding hydrogens is 274 g/mol. The van der Waals surface area contributed by atoms with Gasteiger partial charge in [-0.15, -0.1) is 0 Å². The lowest BCUT2D eigenvalue weighted by molar-refractivity contribution is -0.143. The maximum Gasteiger partial charge on any atom is 0.317 e. The van der Waals surface area contributed by atoms with Crippen LogP contribution in [0.3, 0.4) is 0 Å². The fraction of sp³-hybridized carbons (Fsp3) is 0.786. The number of nitrogens with zero attached hydrogens (tertiary/aromatic N) is 1. The highest BCUT2D eigenvalue weighted by Crippen LogP contribution is 2.17. The van der Waals surface area contributed by atoms with Gasteiger partial charge in [-0.1, -0.05) is 13.8 Å². The van der Waals surface area contributed by atoms with Gasteiger partial charge in [0.15, 0.2) is 0 Å². The predicted octanol–water partition coefficient (Wildman–Crippen LogP) is 0.511. The lowest BCUT2D eigenvalue weighted by Gasteiger charge is -2.32. The third kappa shape index (κ3) is 4.91. The van der Waals surface area contributed by atoms with Gasteiger partial charge in [-0.3, -0.25) is 9.59 Å². The third-order valence-corrected chi connectivity index (χ3v) is 3.92. The summed E-state index contributed by atoms with van der Waals surface area (Å²) in [5.41, 5.74) is 0. The zero-order valence-corrected chi connectivity index (χ0v) is 12.9. The van der Waals surface area contributed by atoms with E-state index in [0.29, 0.717) is 13.1 Å². The number of nitrogens with one attached hydrogen (secondary N) is 2. The van der Waals surface area contributed by atoms with E-state index in [1.807, 2.05) is 13.8 Å². The van der Waals surface area contributed by atoms with E-state index in [4.69, 9.17) is 5.11 Å². The molecule has 1 saturated heterocycles. The molecule has 7 nitrogen and oxygen atoms in total. The van der Waals surface area contributed by atoms with E-state index in [1.165, 1.54) is 0 Å². The van der Waals surface area contributed by atoms with Crippen LogP contribution in [0.1, 0.15) is 26.7 Å². The van der Waals surface area contributed by atoms with Crippen LogP contribution in [0, 0.1) is 17.8 Å². The van der Waals surface area contributed by atoms with Crippen LogP contribution in [0.4, 0.5) is 4.79 Å². The molecule has 1 aliphatic rings. The molecule has 1 rings (SSSR count). The lowest BCUT2D eigenvalue weighted by atomic mass is 9.96. The molecule has 0 bridgehead atoms. The average Bonchev–Trinajstić information content (AvgIpc) is 2.45. The molecule has 7 heteroatoms. The van der Waals surface area contributed by atoms with Crippen molar-refractivity contribution in [2.75, 3.05) is 26.7 Å². The number of amides is 3. The molecule has 0 aromatic rings. The van der Waals surface area contributed by atoms with Crippen molar-refractivity contribution < 1.29 is 19.5 Å². The predicted molar refractivity (Wildman–Crippen MR) is 77.7 cm³/mol. The van der Waals surface area contributed by atoms with Gasteiger partial charge in [-0.05, 0) is 18.8 Å². The summed E-state index contributed by atoms with van der Waals surface area (Å²) in [4.78, 5) is 36.4. The van der Waals surface area contributed by atoms with Crippen molar-refractivity contribution in [3.05, 3.63) is 0 Å². The summed E-state index contributed by atoms with van der Waals surface area (Å²) in [5.74, 6) is -1.81. The van der Waals surface area contributed by atoms with Crippen LogP contribution in [0.25, 0.3) is 0 Å². The van der Waals surface area contributed by atoms with E-state index in [0.717, 1.165) is 12.8 Å². The van der Waals surface area contributed by atoms with Gasteiger partial charge in [-0.25, -0.2) is 4.79 Å². The highest BCUT2D eigenvalue weighted by Gasteiger charge is 2.29. The molecule has 120 valence electrons. The van der Waals surface area contributed by atoms with E-state index >= 15 is 0 Å². The zero-order valence-electron chi connectivity index (χ0n) is 12.9. The number of likely N-dealkylation sites (tertiary alicyclic amines) is 1. The summed E-state index contributed by atoms with van der Waals surface area (Å²) in [6, 6.07) is -0.296. The topological polar surface area (TPSA) is 98.7 Å². The van der Waals surface area contributed by atoms with E-state index < -0.39 is 11.9 Å². The second-order valence-corrected chi connectivity index (χ2v) is 5.77. The molecule has 0 aliphatic carbocycles.